The molecule has 1 aromatic rings. The number of likely N-dealkylation sites (tertiary alicyclic amines) is 2. The molecule has 0 saturated carbocycles. The van der Waals surface area contributed by atoms with Gasteiger partial charge in [-0.15, -0.1) is 5.10 Å². The van der Waals surface area contributed by atoms with E-state index in [2.05, 4.69) is 22.1 Å². The Hall–Kier alpha value is -1.69. The highest BCUT2D eigenvalue weighted by Crippen LogP contribution is 2.22. The maximum Gasteiger partial charge on any atom is 0.233 e. The van der Waals surface area contributed by atoms with Gasteiger partial charge in [0.2, 0.25) is 11.8 Å². The molecule has 21 heavy (non-hydrogen) atoms. The molecule has 2 aliphatic rings. The quantitative estimate of drug-likeness (QED) is 0.824. The van der Waals surface area contributed by atoms with Crippen LogP contribution in [0.5, 0.6) is 5.88 Å². The predicted molar refractivity (Wildman–Crippen MR) is 77.9 cm³/mol. The highest BCUT2D eigenvalue weighted by Gasteiger charge is 2.33. The van der Waals surface area contributed by atoms with Crippen molar-refractivity contribution < 1.29 is 9.53 Å². The van der Waals surface area contributed by atoms with Crippen molar-refractivity contribution in [1.29, 1.82) is 0 Å². The summed E-state index contributed by atoms with van der Waals surface area (Å²) in [6.45, 7) is 3.42. The first kappa shape index (κ1) is 14.3. The zero-order valence-electron chi connectivity index (χ0n) is 12.4. The zero-order chi connectivity index (χ0) is 14.7. The van der Waals surface area contributed by atoms with Crippen LogP contribution in [0.15, 0.2) is 18.3 Å². The van der Waals surface area contributed by atoms with Crippen molar-refractivity contribution in [2.75, 3.05) is 33.2 Å². The third kappa shape index (κ3) is 3.50. The van der Waals surface area contributed by atoms with Crippen LogP contribution < -0.4 is 4.74 Å². The molecule has 0 aromatic carbocycles. The van der Waals surface area contributed by atoms with E-state index in [1.807, 2.05) is 4.90 Å². The minimum Gasteiger partial charge on any atom is -0.471 e. The van der Waals surface area contributed by atoms with Gasteiger partial charge in [-0.3, -0.25) is 4.79 Å². The first-order chi connectivity index (χ1) is 10.2. The van der Waals surface area contributed by atoms with E-state index in [1.54, 1.807) is 18.3 Å². The molecule has 1 aromatic heterocycles. The molecule has 3 heterocycles. The largest absolute Gasteiger partial charge is 0.471 e. The van der Waals surface area contributed by atoms with E-state index >= 15 is 0 Å². The number of carbonyl (C=O) groups excluding carboxylic acids is 1. The van der Waals surface area contributed by atoms with Crippen LogP contribution in [0, 0.1) is 5.92 Å². The molecule has 3 rings (SSSR count). The van der Waals surface area contributed by atoms with E-state index < -0.39 is 0 Å². The number of aromatic nitrogens is 2. The molecule has 114 valence electrons. The molecule has 2 saturated heterocycles. The lowest BCUT2D eigenvalue weighted by molar-refractivity contribution is -0.136. The van der Waals surface area contributed by atoms with Crippen LogP contribution in [0.25, 0.3) is 0 Å². The molecule has 0 radical (unpaired) electrons. The molecule has 2 atom stereocenters. The van der Waals surface area contributed by atoms with Gasteiger partial charge >= 0.3 is 0 Å². The van der Waals surface area contributed by atoms with Crippen LogP contribution >= 0.6 is 0 Å². The first-order valence-corrected chi connectivity index (χ1v) is 7.64. The average Bonchev–Trinajstić information content (AvgIpc) is 2.96. The SMILES string of the molecule is CN1CCCC(C(=O)N2CCC(Oc3cccnn3)C2)C1. The third-order valence-electron chi connectivity index (χ3n) is 4.27. The van der Waals surface area contributed by atoms with Crippen molar-refractivity contribution in [2.24, 2.45) is 5.92 Å². The standard InChI is InChI=1S/C15H22N4O2/c1-18-8-3-4-12(10-18)15(20)19-9-6-13(11-19)21-14-5-2-7-16-17-14/h2,5,7,12-13H,3-4,6,8-11H2,1H3. The normalized spacial score (nSPS) is 26.8. The maximum atomic E-state index is 12.6. The summed E-state index contributed by atoms with van der Waals surface area (Å²) in [7, 11) is 2.09. The number of ether oxygens (including phenoxy) is 1. The number of carbonyl (C=O) groups is 1. The second-order valence-corrected chi connectivity index (χ2v) is 5.98. The van der Waals surface area contributed by atoms with Crippen LogP contribution in [0.2, 0.25) is 0 Å². The number of piperidine rings is 1. The minimum absolute atomic E-state index is 0.0342. The lowest BCUT2D eigenvalue weighted by Gasteiger charge is -2.31. The van der Waals surface area contributed by atoms with Gasteiger partial charge in [0.25, 0.3) is 0 Å². The van der Waals surface area contributed by atoms with Gasteiger partial charge in [0, 0.05) is 31.8 Å². The summed E-state index contributed by atoms with van der Waals surface area (Å²) < 4.78 is 5.79. The van der Waals surface area contributed by atoms with Crippen molar-refractivity contribution in [3.05, 3.63) is 18.3 Å². The minimum atomic E-state index is 0.0342. The van der Waals surface area contributed by atoms with Crippen molar-refractivity contribution in [1.82, 2.24) is 20.0 Å². The number of hydrogen-bond acceptors (Lipinski definition) is 5. The molecule has 2 aliphatic heterocycles. The summed E-state index contributed by atoms with van der Waals surface area (Å²) in [4.78, 5) is 16.8. The van der Waals surface area contributed by atoms with Gasteiger partial charge in [0.1, 0.15) is 6.10 Å². The topological polar surface area (TPSA) is 58.6 Å². The van der Waals surface area contributed by atoms with Crippen LogP contribution in [0.4, 0.5) is 0 Å². The Bertz CT molecular complexity index is 482. The van der Waals surface area contributed by atoms with E-state index in [9.17, 15) is 4.79 Å². The van der Waals surface area contributed by atoms with Gasteiger partial charge < -0.3 is 14.5 Å². The summed E-state index contributed by atoms with van der Waals surface area (Å²) in [5, 5.41) is 7.73. The summed E-state index contributed by atoms with van der Waals surface area (Å²) in [5.41, 5.74) is 0. The molecule has 2 fully saturated rings. The van der Waals surface area contributed by atoms with Crippen LogP contribution in [0.3, 0.4) is 0 Å². The molecule has 0 spiro atoms. The van der Waals surface area contributed by atoms with Crippen LogP contribution in [-0.2, 0) is 4.79 Å². The van der Waals surface area contributed by atoms with Gasteiger partial charge in [-0.25, -0.2) is 0 Å². The van der Waals surface area contributed by atoms with E-state index in [0.717, 1.165) is 38.9 Å². The van der Waals surface area contributed by atoms with Gasteiger partial charge in [-0.1, -0.05) is 0 Å². The van der Waals surface area contributed by atoms with Crippen molar-refractivity contribution in [2.45, 2.75) is 25.4 Å². The predicted octanol–water partition coefficient (Wildman–Crippen LogP) is 0.798. The number of nitrogens with zero attached hydrogens (tertiary/aromatic N) is 4. The fourth-order valence-electron chi connectivity index (χ4n) is 3.17. The summed E-state index contributed by atoms with van der Waals surface area (Å²) in [6, 6.07) is 3.60. The van der Waals surface area contributed by atoms with E-state index in [4.69, 9.17) is 4.74 Å². The second kappa shape index (κ2) is 6.39. The van der Waals surface area contributed by atoms with E-state index in [0.29, 0.717) is 12.4 Å². The highest BCUT2D eigenvalue weighted by molar-refractivity contribution is 5.79. The van der Waals surface area contributed by atoms with E-state index in [1.165, 1.54) is 0 Å². The Labute approximate surface area is 125 Å². The Morgan fingerprint density at radius 1 is 1.33 bits per heavy atom. The Morgan fingerprint density at radius 2 is 2.24 bits per heavy atom. The van der Waals surface area contributed by atoms with E-state index in [-0.39, 0.29) is 17.9 Å². The number of hydrogen-bond donors (Lipinski definition) is 0. The molecule has 0 aliphatic carbocycles. The average molecular weight is 290 g/mol. The summed E-state index contributed by atoms with van der Waals surface area (Å²) >= 11 is 0. The van der Waals surface area contributed by atoms with Gasteiger partial charge in [-0.2, -0.15) is 5.10 Å². The molecule has 6 heteroatoms. The molecule has 2 unspecified atom stereocenters. The molecule has 0 bridgehead atoms. The third-order valence-corrected chi connectivity index (χ3v) is 4.27. The Kier molecular flexibility index (Phi) is 4.34. The lowest BCUT2D eigenvalue weighted by Crippen LogP contribution is -2.43. The van der Waals surface area contributed by atoms with Gasteiger partial charge in [-0.05, 0) is 32.5 Å². The van der Waals surface area contributed by atoms with Crippen LogP contribution in [0.1, 0.15) is 19.3 Å². The molecular formula is C15H22N4O2. The Morgan fingerprint density at radius 3 is 3.00 bits per heavy atom. The monoisotopic (exact) mass is 290 g/mol. The highest BCUT2D eigenvalue weighted by atomic mass is 16.5. The fraction of sp³-hybridized carbons (Fsp3) is 0.667. The first-order valence-electron chi connectivity index (χ1n) is 7.64. The zero-order valence-corrected chi connectivity index (χ0v) is 12.4. The van der Waals surface area contributed by atoms with Crippen molar-refractivity contribution in [3.63, 3.8) is 0 Å². The summed E-state index contributed by atoms with van der Waals surface area (Å²) in [6.07, 6.45) is 4.64. The molecular weight excluding hydrogens is 268 g/mol. The smallest absolute Gasteiger partial charge is 0.233 e. The van der Waals surface area contributed by atoms with Crippen molar-refractivity contribution >= 4 is 5.91 Å². The number of amides is 1. The number of rotatable bonds is 3. The van der Waals surface area contributed by atoms with Gasteiger partial charge in [0.15, 0.2) is 0 Å². The maximum absolute atomic E-state index is 12.6. The van der Waals surface area contributed by atoms with Gasteiger partial charge in [0.05, 0.1) is 12.5 Å². The molecule has 6 nitrogen and oxygen atoms in total. The second-order valence-electron chi connectivity index (χ2n) is 5.98. The molecule has 0 N–H and O–H groups in total. The van der Waals surface area contributed by atoms with Crippen LogP contribution in [-0.4, -0.2) is 65.2 Å². The lowest BCUT2D eigenvalue weighted by atomic mass is 9.97. The van der Waals surface area contributed by atoms with Crippen molar-refractivity contribution in [3.8, 4) is 5.88 Å². The fourth-order valence-corrected chi connectivity index (χ4v) is 3.17. The Balaban J connectivity index is 1.53. The summed E-state index contributed by atoms with van der Waals surface area (Å²) in [5.74, 6) is 0.972. The molecule has 1 amide bonds.